The summed E-state index contributed by atoms with van der Waals surface area (Å²) in [6.07, 6.45) is 0. The van der Waals surface area contributed by atoms with Gasteiger partial charge in [0.2, 0.25) is 0 Å². The van der Waals surface area contributed by atoms with Crippen molar-refractivity contribution in [3.63, 3.8) is 0 Å². The Kier molecular flexibility index (Phi) is 8.27. The van der Waals surface area contributed by atoms with Crippen LogP contribution in [-0.4, -0.2) is 40.4 Å². The van der Waals surface area contributed by atoms with Crippen LogP contribution in [0.4, 0.5) is 5.69 Å². The molecule has 28 heavy (non-hydrogen) atoms. The predicted molar refractivity (Wildman–Crippen MR) is 112 cm³/mol. The first kappa shape index (κ1) is 21.2. The highest BCUT2D eigenvalue weighted by atomic mass is 16.5. The number of aliphatic imine (C=N–C) groups is 1. The summed E-state index contributed by atoms with van der Waals surface area (Å²) in [6, 6.07) is 11.5. The molecule has 7 nitrogen and oxygen atoms in total. The Labute approximate surface area is 166 Å². The van der Waals surface area contributed by atoms with Crippen molar-refractivity contribution in [1.29, 1.82) is 0 Å². The highest BCUT2D eigenvalue weighted by molar-refractivity contribution is 5.93. The minimum absolute atomic E-state index is 0.562. The molecule has 0 aliphatic carbocycles. The van der Waals surface area contributed by atoms with Crippen LogP contribution < -0.4 is 29.6 Å². The summed E-state index contributed by atoms with van der Waals surface area (Å²) in [5.41, 5.74) is 1.90. The van der Waals surface area contributed by atoms with Crippen molar-refractivity contribution < 1.29 is 18.9 Å². The molecule has 0 atom stereocenters. The number of methoxy groups -OCH3 is 2. The zero-order valence-electron chi connectivity index (χ0n) is 17.2. The van der Waals surface area contributed by atoms with Gasteiger partial charge in [0.15, 0.2) is 29.0 Å². The number of nitrogens with zero attached hydrogens (tertiary/aromatic N) is 1. The van der Waals surface area contributed by atoms with Gasteiger partial charge in [-0.05, 0) is 43.7 Å². The lowest BCUT2D eigenvalue weighted by atomic mass is 10.2. The van der Waals surface area contributed by atoms with E-state index >= 15 is 0 Å². The molecule has 2 rings (SSSR count). The van der Waals surface area contributed by atoms with Crippen LogP contribution in [-0.2, 0) is 6.54 Å². The molecule has 7 heteroatoms. The van der Waals surface area contributed by atoms with E-state index in [9.17, 15) is 0 Å². The van der Waals surface area contributed by atoms with Crippen molar-refractivity contribution in [3.05, 3.63) is 42.0 Å². The first-order valence-electron chi connectivity index (χ1n) is 9.23. The second kappa shape index (κ2) is 10.9. The third kappa shape index (κ3) is 5.70. The minimum atomic E-state index is 0.562. The number of guanidine groups is 1. The second-order valence-corrected chi connectivity index (χ2v) is 5.77. The largest absolute Gasteiger partial charge is 0.493 e. The number of benzene rings is 2. The molecule has 0 heterocycles. The maximum absolute atomic E-state index is 5.62. The third-order valence-electron chi connectivity index (χ3n) is 3.94. The lowest BCUT2D eigenvalue weighted by Crippen LogP contribution is -2.30. The van der Waals surface area contributed by atoms with Crippen LogP contribution in [0.5, 0.6) is 23.0 Å². The molecule has 0 spiro atoms. The Balaban J connectivity index is 2.04. The van der Waals surface area contributed by atoms with E-state index in [1.54, 1.807) is 21.3 Å². The lowest BCUT2D eigenvalue weighted by molar-refractivity contribution is 0.310. The van der Waals surface area contributed by atoms with Crippen LogP contribution in [0.2, 0.25) is 0 Å². The van der Waals surface area contributed by atoms with E-state index < -0.39 is 0 Å². The second-order valence-electron chi connectivity index (χ2n) is 5.77. The fourth-order valence-corrected chi connectivity index (χ4v) is 2.62. The summed E-state index contributed by atoms with van der Waals surface area (Å²) >= 11 is 0. The van der Waals surface area contributed by atoms with Gasteiger partial charge >= 0.3 is 0 Å². The fourth-order valence-electron chi connectivity index (χ4n) is 2.62. The van der Waals surface area contributed by atoms with Crippen LogP contribution in [0.15, 0.2) is 41.4 Å². The molecule has 2 N–H and O–H groups in total. The standard InChI is InChI=1S/C21H29N3O4/c1-6-27-18-10-8-15(12-19(18)26-5)14-23-21(22-3)24-16-9-11-17(25-4)20(13-16)28-7-2/h8-13H,6-7,14H2,1-5H3,(H2,22,23,24). The molecule has 0 saturated heterocycles. The van der Waals surface area contributed by atoms with Crippen LogP contribution in [0.25, 0.3) is 0 Å². The number of hydrogen-bond acceptors (Lipinski definition) is 5. The first-order chi connectivity index (χ1) is 13.6. The van der Waals surface area contributed by atoms with Gasteiger partial charge in [-0.2, -0.15) is 0 Å². The van der Waals surface area contributed by atoms with Gasteiger partial charge in [0.05, 0.1) is 27.4 Å². The van der Waals surface area contributed by atoms with Gasteiger partial charge in [-0.25, -0.2) is 0 Å². The van der Waals surface area contributed by atoms with Crippen molar-refractivity contribution in [1.82, 2.24) is 5.32 Å². The molecule has 0 aliphatic heterocycles. The summed E-state index contributed by atoms with van der Waals surface area (Å²) in [7, 11) is 4.98. The van der Waals surface area contributed by atoms with Crippen LogP contribution in [0, 0.1) is 0 Å². The molecule has 2 aromatic rings. The van der Waals surface area contributed by atoms with Gasteiger partial charge in [-0.3, -0.25) is 4.99 Å². The third-order valence-corrected chi connectivity index (χ3v) is 3.94. The van der Waals surface area contributed by atoms with E-state index in [2.05, 4.69) is 15.6 Å². The zero-order chi connectivity index (χ0) is 20.4. The summed E-state index contributed by atoms with van der Waals surface area (Å²) in [5, 5.41) is 6.54. The summed E-state index contributed by atoms with van der Waals surface area (Å²) in [5.74, 6) is 3.46. The van der Waals surface area contributed by atoms with E-state index in [1.807, 2.05) is 50.2 Å². The Hall–Kier alpha value is -3.09. The Morgan fingerprint density at radius 2 is 1.54 bits per heavy atom. The number of hydrogen-bond donors (Lipinski definition) is 2. The highest BCUT2D eigenvalue weighted by Gasteiger charge is 2.08. The van der Waals surface area contributed by atoms with Crippen molar-refractivity contribution in [2.75, 3.05) is 39.8 Å². The molecule has 0 aromatic heterocycles. The maximum Gasteiger partial charge on any atom is 0.195 e. The molecular formula is C21H29N3O4. The minimum Gasteiger partial charge on any atom is -0.493 e. The predicted octanol–water partition coefficient (Wildman–Crippen LogP) is 3.69. The van der Waals surface area contributed by atoms with Gasteiger partial charge in [0.1, 0.15) is 0 Å². The molecule has 0 amide bonds. The fraction of sp³-hybridized carbons (Fsp3) is 0.381. The highest BCUT2D eigenvalue weighted by Crippen LogP contribution is 2.30. The Morgan fingerprint density at radius 1 is 0.857 bits per heavy atom. The lowest BCUT2D eigenvalue weighted by Gasteiger charge is -2.15. The van der Waals surface area contributed by atoms with Gasteiger partial charge in [-0.15, -0.1) is 0 Å². The van der Waals surface area contributed by atoms with E-state index in [1.165, 1.54) is 0 Å². The van der Waals surface area contributed by atoms with E-state index in [0.29, 0.717) is 43.0 Å². The normalized spacial score (nSPS) is 11.0. The number of anilines is 1. The maximum atomic E-state index is 5.62. The molecule has 0 saturated carbocycles. The molecule has 2 aromatic carbocycles. The smallest absolute Gasteiger partial charge is 0.195 e. The SMILES string of the molecule is CCOc1ccc(CNC(=NC)Nc2ccc(OC)c(OCC)c2)cc1OC. The topological polar surface area (TPSA) is 73.3 Å². The van der Waals surface area contributed by atoms with E-state index in [-0.39, 0.29) is 0 Å². The van der Waals surface area contributed by atoms with E-state index in [0.717, 1.165) is 17.0 Å². The molecule has 0 bridgehead atoms. The molecule has 0 fully saturated rings. The van der Waals surface area contributed by atoms with Crippen molar-refractivity contribution in [2.45, 2.75) is 20.4 Å². The number of rotatable bonds is 9. The molecule has 0 aliphatic rings. The summed E-state index contributed by atoms with van der Waals surface area (Å²) in [4.78, 5) is 4.27. The number of ether oxygens (including phenoxy) is 4. The van der Waals surface area contributed by atoms with Crippen molar-refractivity contribution in [3.8, 4) is 23.0 Å². The summed E-state index contributed by atoms with van der Waals surface area (Å²) in [6.45, 7) is 5.62. The van der Waals surface area contributed by atoms with Crippen molar-refractivity contribution in [2.24, 2.45) is 4.99 Å². The van der Waals surface area contributed by atoms with Gasteiger partial charge in [0.25, 0.3) is 0 Å². The van der Waals surface area contributed by atoms with Crippen LogP contribution in [0.1, 0.15) is 19.4 Å². The average Bonchev–Trinajstić information content (AvgIpc) is 2.72. The van der Waals surface area contributed by atoms with Crippen LogP contribution >= 0.6 is 0 Å². The van der Waals surface area contributed by atoms with Crippen molar-refractivity contribution >= 4 is 11.6 Å². The van der Waals surface area contributed by atoms with Crippen LogP contribution in [0.3, 0.4) is 0 Å². The first-order valence-corrected chi connectivity index (χ1v) is 9.23. The molecule has 0 unspecified atom stereocenters. The Bertz CT molecular complexity index is 793. The molecular weight excluding hydrogens is 358 g/mol. The van der Waals surface area contributed by atoms with Gasteiger partial charge in [0, 0.05) is 25.3 Å². The van der Waals surface area contributed by atoms with E-state index in [4.69, 9.17) is 18.9 Å². The quantitative estimate of drug-likeness (QED) is 0.505. The average molecular weight is 387 g/mol. The molecule has 152 valence electrons. The summed E-state index contributed by atoms with van der Waals surface area (Å²) < 4.78 is 21.9. The zero-order valence-corrected chi connectivity index (χ0v) is 17.2. The monoisotopic (exact) mass is 387 g/mol. The molecule has 0 radical (unpaired) electrons. The van der Waals surface area contributed by atoms with Gasteiger partial charge in [-0.1, -0.05) is 6.07 Å². The Morgan fingerprint density at radius 3 is 2.18 bits per heavy atom. The number of nitrogens with one attached hydrogen (secondary N) is 2. The van der Waals surface area contributed by atoms with Gasteiger partial charge < -0.3 is 29.6 Å².